The number of ether oxygens (including phenoxy) is 1. The monoisotopic (exact) mass is 483 g/mol. The van der Waals surface area contributed by atoms with Crippen LogP contribution in [0.3, 0.4) is 0 Å². The Morgan fingerprint density at radius 3 is 2.68 bits per heavy atom. The lowest BCUT2D eigenvalue weighted by molar-refractivity contribution is 0.141. The first-order valence-electron chi connectivity index (χ1n) is 11.7. The molecule has 0 unspecified atom stereocenters. The second kappa shape index (κ2) is 11.0. The molecule has 0 radical (unpaired) electrons. The summed E-state index contributed by atoms with van der Waals surface area (Å²) in [6, 6.07) is 9.02. The van der Waals surface area contributed by atoms with Crippen LogP contribution in [0.25, 0.3) is 10.9 Å². The van der Waals surface area contributed by atoms with Gasteiger partial charge in [-0.2, -0.15) is 0 Å². The van der Waals surface area contributed by atoms with Gasteiger partial charge in [0.2, 0.25) is 0 Å². The van der Waals surface area contributed by atoms with E-state index in [-0.39, 0.29) is 11.1 Å². The van der Waals surface area contributed by atoms with Gasteiger partial charge in [0.1, 0.15) is 23.7 Å². The lowest BCUT2D eigenvalue weighted by atomic mass is 9.92. The minimum Gasteiger partial charge on any atom is -0.490 e. The van der Waals surface area contributed by atoms with Gasteiger partial charge in [-0.25, -0.2) is 14.4 Å². The Bertz CT molecular complexity index is 1160. The zero-order valence-electron chi connectivity index (χ0n) is 19.6. The fourth-order valence-corrected chi connectivity index (χ4v) is 4.56. The van der Waals surface area contributed by atoms with Crippen LogP contribution in [-0.4, -0.2) is 35.7 Å². The van der Waals surface area contributed by atoms with Crippen molar-refractivity contribution in [2.45, 2.75) is 51.2 Å². The zero-order chi connectivity index (χ0) is 24.1. The molecule has 180 valence electrons. The molecule has 0 spiro atoms. The minimum atomic E-state index is -0.459. The number of halogens is 2. The van der Waals surface area contributed by atoms with Gasteiger partial charge in [0, 0.05) is 29.4 Å². The number of hydrogen-bond acceptors (Lipinski definition) is 6. The summed E-state index contributed by atoms with van der Waals surface area (Å²) in [5.74, 6) is 1.02. The quantitative estimate of drug-likeness (QED) is 0.360. The van der Waals surface area contributed by atoms with Gasteiger partial charge in [0.05, 0.1) is 16.6 Å². The number of anilines is 2. The second-order valence-electron chi connectivity index (χ2n) is 8.68. The SMILES string of the molecule is C=C(CNC)NC1CCC(Oc2cc3c(Nc4ccc(F)c(Cl)c4)ncnc3cc2CC)CC1. The number of fused-ring (bicyclic) bond motifs is 1. The predicted octanol–water partition coefficient (Wildman–Crippen LogP) is 5.74. The molecule has 6 nitrogen and oxygen atoms in total. The maximum Gasteiger partial charge on any atom is 0.141 e. The number of benzene rings is 2. The van der Waals surface area contributed by atoms with Crippen molar-refractivity contribution in [2.24, 2.45) is 0 Å². The normalized spacial score (nSPS) is 18.0. The van der Waals surface area contributed by atoms with E-state index in [1.165, 1.54) is 12.4 Å². The lowest BCUT2D eigenvalue weighted by Crippen LogP contribution is -2.37. The van der Waals surface area contributed by atoms with Gasteiger partial charge in [-0.05, 0) is 75.0 Å². The average molecular weight is 484 g/mol. The molecule has 0 bridgehead atoms. The Hall–Kier alpha value is -2.90. The summed E-state index contributed by atoms with van der Waals surface area (Å²) in [5.41, 5.74) is 3.62. The van der Waals surface area contributed by atoms with Crippen molar-refractivity contribution in [3.63, 3.8) is 0 Å². The highest BCUT2D eigenvalue weighted by atomic mass is 35.5. The Kier molecular flexibility index (Phi) is 7.85. The van der Waals surface area contributed by atoms with Crippen molar-refractivity contribution in [3.8, 4) is 5.75 Å². The summed E-state index contributed by atoms with van der Waals surface area (Å²) in [6.45, 7) is 6.96. The van der Waals surface area contributed by atoms with Crippen LogP contribution < -0.4 is 20.7 Å². The minimum absolute atomic E-state index is 0.0558. The maximum absolute atomic E-state index is 13.6. The van der Waals surface area contributed by atoms with Gasteiger partial charge in [-0.15, -0.1) is 0 Å². The molecule has 1 aliphatic rings. The van der Waals surface area contributed by atoms with Crippen molar-refractivity contribution in [1.29, 1.82) is 0 Å². The summed E-state index contributed by atoms with van der Waals surface area (Å²) >= 11 is 5.95. The van der Waals surface area contributed by atoms with Crippen LogP contribution >= 0.6 is 11.6 Å². The summed E-state index contributed by atoms with van der Waals surface area (Å²) in [5, 5.41) is 10.8. The molecule has 1 aliphatic carbocycles. The third-order valence-electron chi connectivity index (χ3n) is 6.15. The Morgan fingerprint density at radius 1 is 1.18 bits per heavy atom. The molecule has 1 saturated carbocycles. The van der Waals surface area contributed by atoms with Crippen molar-refractivity contribution in [2.75, 3.05) is 18.9 Å². The summed E-state index contributed by atoms with van der Waals surface area (Å²) in [7, 11) is 1.92. The molecule has 4 rings (SSSR count). The van der Waals surface area contributed by atoms with Crippen LogP contribution in [0.2, 0.25) is 5.02 Å². The van der Waals surface area contributed by atoms with E-state index in [9.17, 15) is 4.39 Å². The zero-order valence-corrected chi connectivity index (χ0v) is 20.4. The molecule has 1 aromatic heterocycles. The highest BCUT2D eigenvalue weighted by molar-refractivity contribution is 6.31. The standard InChI is InChI=1S/C26H31ClFN5O/c1-4-17-11-24-21(26(31-15-30-24)33-19-7-10-23(28)22(27)12-19)13-25(17)34-20-8-5-18(6-9-20)32-16(2)14-29-3/h7,10-13,15,18,20,29,32H,2,4-6,8-9,14H2,1,3H3,(H,30,31,33). The van der Waals surface area contributed by atoms with E-state index >= 15 is 0 Å². The topological polar surface area (TPSA) is 71.1 Å². The van der Waals surface area contributed by atoms with Crippen molar-refractivity contribution in [1.82, 2.24) is 20.6 Å². The van der Waals surface area contributed by atoms with Gasteiger partial charge in [-0.3, -0.25) is 0 Å². The van der Waals surface area contributed by atoms with E-state index < -0.39 is 5.82 Å². The maximum atomic E-state index is 13.6. The van der Waals surface area contributed by atoms with Crippen molar-refractivity contribution >= 4 is 34.0 Å². The Labute approximate surface area is 205 Å². The van der Waals surface area contributed by atoms with E-state index in [1.807, 2.05) is 13.1 Å². The highest BCUT2D eigenvalue weighted by Gasteiger charge is 2.23. The number of hydrogen-bond donors (Lipinski definition) is 3. The molecule has 3 N–H and O–H groups in total. The van der Waals surface area contributed by atoms with Gasteiger partial charge < -0.3 is 20.7 Å². The molecule has 0 saturated heterocycles. The van der Waals surface area contributed by atoms with Gasteiger partial charge >= 0.3 is 0 Å². The van der Waals surface area contributed by atoms with E-state index in [0.29, 0.717) is 17.5 Å². The predicted molar refractivity (Wildman–Crippen MR) is 136 cm³/mol. The third kappa shape index (κ3) is 5.77. The van der Waals surface area contributed by atoms with Crippen LogP contribution in [0, 0.1) is 5.82 Å². The largest absolute Gasteiger partial charge is 0.490 e. The molecule has 8 heteroatoms. The van der Waals surface area contributed by atoms with Gasteiger partial charge in [0.25, 0.3) is 0 Å². The number of likely N-dealkylation sites (N-methyl/N-ethyl adjacent to an activating group) is 1. The molecule has 1 fully saturated rings. The van der Waals surface area contributed by atoms with Crippen molar-refractivity contribution in [3.05, 3.63) is 65.3 Å². The Morgan fingerprint density at radius 2 is 1.97 bits per heavy atom. The molecular weight excluding hydrogens is 453 g/mol. The molecule has 0 aliphatic heterocycles. The fourth-order valence-electron chi connectivity index (χ4n) is 4.38. The first kappa shape index (κ1) is 24.2. The first-order chi connectivity index (χ1) is 16.5. The molecule has 0 atom stereocenters. The van der Waals surface area contributed by atoms with Gasteiger partial charge in [0.15, 0.2) is 0 Å². The fraction of sp³-hybridized carbons (Fsp3) is 0.385. The molecular formula is C26H31ClFN5O. The first-order valence-corrected chi connectivity index (χ1v) is 12.1. The molecule has 1 heterocycles. The van der Waals surface area contributed by atoms with E-state index in [2.05, 4.69) is 45.5 Å². The second-order valence-corrected chi connectivity index (χ2v) is 9.08. The molecule has 2 aromatic carbocycles. The number of nitrogens with zero attached hydrogens (tertiary/aromatic N) is 2. The van der Waals surface area contributed by atoms with Crippen LogP contribution in [0.15, 0.2) is 48.9 Å². The number of nitrogens with one attached hydrogen (secondary N) is 3. The summed E-state index contributed by atoms with van der Waals surface area (Å²) in [4.78, 5) is 8.86. The Balaban J connectivity index is 1.52. The number of rotatable bonds is 9. The molecule has 0 amide bonds. The van der Waals surface area contributed by atoms with E-state index in [0.717, 1.165) is 66.6 Å². The van der Waals surface area contributed by atoms with Crippen LogP contribution in [0.1, 0.15) is 38.2 Å². The summed E-state index contributed by atoms with van der Waals surface area (Å²) < 4.78 is 20.1. The van der Waals surface area contributed by atoms with E-state index in [4.69, 9.17) is 16.3 Å². The van der Waals surface area contributed by atoms with Crippen LogP contribution in [-0.2, 0) is 6.42 Å². The average Bonchev–Trinajstić information content (AvgIpc) is 2.83. The number of aromatic nitrogens is 2. The van der Waals surface area contributed by atoms with Crippen LogP contribution in [0.5, 0.6) is 5.75 Å². The van der Waals surface area contributed by atoms with Crippen LogP contribution in [0.4, 0.5) is 15.9 Å². The smallest absolute Gasteiger partial charge is 0.141 e. The van der Waals surface area contributed by atoms with Crippen molar-refractivity contribution < 1.29 is 9.13 Å². The molecule has 34 heavy (non-hydrogen) atoms. The third-order valence-corrected chi connectivity index (χ3v) is 6.44. The lowest BCUT2D eigenvalue weighted by Gasteiger charge is -2.31. The van der Waals surface area contributed by atoms with Gasteiger partial charge in [-0.1, -0.05) is 25.1 Å². The summed E-state index contributed by atoms with van der Waals surface area (Å²) in [6.07, 6.45) is 6.58. The molecule has 3 aromatic rings. The van der Waals surface area contributed by atoms with E-state index in [1.54, 1.807) is 12.1 Å². The number of aryl methyl sites for hydroxylation is 1. The highest BCUT2D eigenvalue weighted by Crippen LogP contribution is 2.33.